The molecule has 0 radical (unpaired) electrons. The highest BCUT2D eigenvalue weighted by Gasteiger charge is 2.61. The Balaban J connectivity index is 1.47. The summed E-state index contributed by atoms with van der Waals surface area (Å²) in [6.45, 7) is 5.38. The van der Waals surface area contributed by atoms with Gasteiger partial charge in [-0.2, -0.15) is 0 Å². The van der Waals surface area contributed by atoms with Gasteiger partial charge in [0.1, 0.15) is 11.4 Å². The summed E-state index contributed by atoms with van der Waals surface area (Å²) in [5, 5.41) is 9.88. The van der Waals surface area contributed by atoms with Crippen LogP contribution in [0.1, 0.15) is 39.2 Å². The highest BCUT2D eigenvalue weighted by molar-refractivity contribution is 5.73. The second-order valence-electron chi connectivity index (χ2n) is 11.5. The molecular weight excluding hydrogens is 506 g/mol. The van der Waals surface area contributed by atoms with Gasteiger partial charge in [0.2, 0.25) is 5.92 Å². The molecule has 1 spiro atoms. The zero-order chi connectivity index (χ0) is 27.9. The first-order valence-corrected chi connectivity index (χ1v) is 12.5. The second-order valence-corrected chi connectivity index (χ2v) is 11.5. The topological polar surface area (TPSA) is 115 Å². The molecule has 3 fully saturated rings. The van der Waals surface area contributed by atoms with Crippen LogP contribution in [0.3, 0.4) is 0 Å². The van der Waals surface area contributed by atoms with Gasteiger partial charge in [-0.1, -0.05) is 12.1 Å². The maximum atomic E-state index is 13.3. The van der Waals surface area contributed by atoms with Gasteiger partial charge in [-0.25, -0.2) is 18.4 Å². The van der Waals surface area contributed by atoms with Gasteiger partial charge in [0.15, 0.2) is 12.2 Å². The van der Waals surface area contributed by atoms with Crippen LogP contribution in [-0.4, -0.2) is 96.2 Å². The fraction of sp³-hybridized carbons (Fsp3) is 0.654. The predicted molar refractivity (Wildman–Crippen MR) is 129 cm³/mol. The number of halogens is 2. The molecule has 3 atom stereocenters. The van der Waals surface area contributed by atoms with Crippen LogP contribution < -0.4 is 4.74 Å². The molecule has 2 saturated heterocycles. The van der Waals surface area contributed by atoms with Crippen molar-refractivity contribution in [2.75, 3.05) is 33.3 Å². The van der Waals surface area contributed by atoms with Crippen molar-refractivity contribution >= 4 is 18.2 Å². The lowest BCUT2D eigenvalue weighted by Crippen LogP contribution is -2.66. The number of methoxy groups -OCH3 is 1. The van der Waals surface area contributed by atoms with Crippen LogP contribution in [-0.2, 0) is 25.4 Å². The molecule has 10 nitrogen and oxygen atoms in total. The quantitative estimate of drug-likeness (QED) is 0.519. The van der Waals surface area contributed by atoms with E-state index in [9.17, 15) is 28.3 Å². The molecule has 4 rings (SSSR count). The molecule has 1 saturated carbocycles. The Labute approximate surface area is 219 Å². The average Bonchev–Trinajstić information content (AvgIpc) is 3.07. The number of carbonyl (C=O) groups is 3. The van der Waals surface area contributed by atoms with Crippen LogP contribution in [0.2, 0.25) is 0 Å². The Kier molecular flexibility index (Phi) is 7.48. The SMILES string of the molecule is COc1ccc(C[C@@H]2[C@H](OC(=O)CN3CC4(C3)CC(F)(F)C4)[C@@H](OC(=O)OC(C)(C)C)CN2C(=O)O)cc1. The van der Waals surface area contributed by atoms with Crippen molar-refractivity contribution in [2.45, 2.75) is 69.8 Å². The van der Waals surface area contributed by atoms with E-state index in [-0.39, 0.29) is 32.4 Å². The molecule has 38 heavy (non-hydrogen) atoms. The fourth-order valence-corrected chi connectivity index (χ4v) is 5.62. The monoisotopic (exact) mass is 540 g/mol. The van der Waals surface area contributed by atoms with E-state index in [2.05, 4.69) is 0 Å². The van der Waals surface area contributed by atoms with Crippen molar-refractivity contribution in [1.82, 2.24) is 9.80 Å². The number of esters is 1. The molecule has 0 aromatic heterocycles. The lowest BCUT2D eigenvalue weighted by atomic mass is 9.61. The number of alkyl halides is 2. The predicted octanol–water partition coefficient (Wildman–Crippen LogP) is 3.56. The van der Waals surface area contributed by atoms with Crippen molar-refractivity contribution in [2.24, 2.45) is 5.41 Å². The van der Waals surface area contributed by atoms with E-state index in [1.54, 1.807) is 49.9 Å². The van der Waals surface area contributed by atoms with Crippen molar-refractivity contribution < 1.29 is 47.2 Å². The summed E-state index contributed by atoms with van der Waals surface area (Å²) in [4.78, 5) is 40.2. The summed E-state index contributed by atoms with van der Waals surface area (Å²) in [5.41, 5.74) is -0.532. The molecular formula is C26H34F2N2O8. The van der Waals surface area contributed by atoms with E-state index in [0.29, 0.717) is 18.8 Å². The summed E-state index contributed by atoms with van der Waals surface area (Å²) in [6.07, 6.45) is -4.64. The van der Waals surface area contributed by atoms with Crippen LogP contribution in [0.4, 0.5) is 18.4 Å². The van der Waals surface area contributed by atoms with Gasteiger partial charge in [0.25, 0.3) is 0 Å². The van der Waals surface area contributed by atoms with Crippen LogP contribution in [0, 0.1) is 5.41 Å². The first-order valence-electron chi connectivity index (χ1n) is 12.5. The van der Waals surface area contributed by atoms with Crippen LogP contribution in [0.5, 0.6) is 5.75 Å². The van der Waals surface area contributed by atoms with Crippen LogP contribution in [0.15, 0.2) is 24.3 Å². The molecule has 210 valence electrons. The van der Waals surface area contributed by atoms with Gasteiger partial charge in [0, 0.05) is 31.3 Å². The number of ether oxygens (including phenoxy) is 4. The average molecular weight is 541 g/mol. The number of hydrogen-bond donors (Lipinski definition) is 1. The number of nitrogens with zero attached hydrogens (tertiary/aromatic N) is 2. The molecule has 12 heteroatoms. The number of rotatable bonds is 7. The lowest BCUT2D eigenvalue weighted by molar-refractivity contribution is -0.215. The van der Waals surface area contributed by atoms with Gasteiger partial charge in [-0.3, -0.25) is 14.6 Å². The summed E-state index contributed by atoms with van der Waals surface area (Å²) < 4.78 is 48.2. The largest absolute Gasteiger partial charge is 0.509 e. The summed E-state index contributed by atoms with van der Waals surface area (Å²) in [6, 6.07) is 6.16. The zero-order valence-corrected chi connectivity index (χ0v) is 21.9. The number of hydrogen-bond acceptors (Lipinski definition) is 8. The normalized spacial score (nSPS) is 25.7. The second kappa shape index (κ2) is 10.2. The molecule has 3 aliphatic rings. The van der Waals surface area contributed by atoms with Gasteiger partial charge in [-0.15, -0.1) is 0 Å². The molecule has 2 heterocycles. The number of benzene rings is 1. The maximum absolute atomic E-state index is 13.3. The van der Waals surface area contributed by atoms with E-state index in [1.165, 1.54) is 7.11 Å². The summed E-state index contributed by atoms with van der Waals surface area (Å²) >= 11 is 0. The molecule has 0 unspecified atom stereocenters. The molecule has 1 N–H and O–H groups in total. The number of amides is 1. The van der Waals surface area contributed by atoms with E-state index >= 15 is 0 Å². The van der Waals surface area contributed by atoms with Gasteiger partial charge in [0.05, 0.1) is 26.2 Å². The zero-order valence-electron chi connectivity index (χ0n) is 21.9. The maximum Gasteiger partial charge on any atom is 0.509 e. The van der Waals surface area contributed by atoms with Gasteiger partial charge < -0.3 is 24.1 Å². The highest BCUT2D eigenvalue weighted by Crippen LogP contribution is 2.56. The van der Waals surface area contributed by atoms with E-state index in [0.717, 1.165) is 10.5 Å². The third kappa shape index (κ3) is 6.46. The Morgan fingerprint density at radius 1 is 1.08 bits per heavy atom. The fourth-order valence-electron chi connectivity index (χ4n) is 5.62. The van der Waals surface area contributed by atoms with Crippen molar-refractivity contribution in [3.8, 4) is 5.75 Å². The number of carboxylic acid groups (broad SMARTS) is 1. The highest BCUT2D eigenvalue weighted by atomic mass is 19.3. The minimum atomic E-state index is -2.64. The Morgan fingerprint density at radius 3 is 2.24 bits per heavy atom. The van der Waals surface area contributed by atoms with Gasteiger partial charge >= 0.3 is 18.2 Å². The first-order chi connectivity index (χ1) is 17.7. The van der Waals surface area contributed by atoms with Crippen LogP contribution >= 0.6 is 0 Å². The van der Waals surface area contributed by atoms with Gasteiger partial charge in [-0.05, 0) is 44.9 Å². The summed E-state index contributed by atoms with van der Waals surface area (Å²) in [5.74, 6) is -2.67. The number of carbonyl (C=O) groups excluding carboxylic acids is 2. The molecule has 1 aromatic rings. The molecule has 1 amide bonds. The molecule has 1 aromatic carbocycles. The Bertz CT molecular complexity index is 1040. The number of likely N-dealkylation sites (tertiary alicyclic amines) is 2. The standard InChI is InChI=1S/C26H34F2N2O8/c1-24(2,3)38-23(34)36-19-10-30(22(32)33)18(9-16-5-7-17(35-4)8-6-16)21(19)37-20(31)11-29-14-25(15-29)12-26(27,28)13-25/h5-8,18-19,21H,9-15H2,1-4H3,(H,32,33)/t18-,19+,21+/m1/s1. The minimum Gasteiger partial charge on any atom is -0.497 e. The first kappa shape index (κ1) is 27.9. The lowest BCUT2D eigenvalue weighted by Gasteiger charge is -2.58. The third-order valence-electron chi connectivity index (χ3n) is 7.01. The van der Waals surface area contributed by atoms with E-state index in [4.69, 9.17) is 18.9 Å². The molecule has 0 bridgehead atoms. The van der Waals surface area contributed by atoms with Crippen LogP contribution in [0.25, 0.3) is 0 Å². The molecule has 1 aliphatic carbocycles. The van der Waals surface area contributed by atoms with E-state index in [1.807, 2.05) is 0 Å². The van der Waals surface area contributed by atoms with Crippen molar-refractivity contribution in [1.29, 1.82) is 0 Å². The van der Waals surface area contributed by atoms with E-state index < -0.39 is 53.4 Å². The minimum absolute atomic E-state index is 0.134. The summed E-state index contributed by atoms with van der Waals surface area (Å²) in [7, 11) is 1.53. The third-order valence-corrected chi connectivity index (χ3v) is 7.01. The van der Waals surface area contributed by atoms with Crippen molar-refractivity contribution in [3.63, 3.8) is 0 Å². The Morgan fingerprint density at radius 2 is 1.71 bits per heavy atom. The van der Waals surface area contributed by atoms with Crippen molar-refractivity contribution in [3.05, 3.63) is 29.8 Å². The Hall–Kier alpha value is -3.15. The molecule has 2 aliphatic heterocycles. The smallest absolute Gasteiger partial charge is 0.497 e.